The summed E-state index contributed by atoms with van der Waals surface area (Å²) in [5.74, 6) is 5.03. The summed E-state index contributed by atoms with van der Waals surface area (Å²) in [6.45, 7) is 17.1. The van der Waals surface area contributed by atoms with E-state index in [2.05, 4.69) is 86.5 Å². The number of nitrogens with zero attached hydrogens (tertiary/aromatic N) is 1. The number of rotatable bonds is 1. The molecule has 0 aromatic heterocycles. The third kappa shape index (κ3) is 2.66. The third-order valence-electron chi connectivity index (χ3n) is 6.07. The molecule has 0 saturated heterocycles. The van der Waals surface area contributed by atoms with E-state index in [4.69, 9.17) is 6.57 Å². The molecule has 0 atom stereocenters. The van der Waals surface area contributed by atoms with Gasteiger partial charge >= 0.3 is 172 Å². The summed E-state index contributed by atoms with van der Waals surface area (Å²) in [4.78, 5) is 3.92. The van der Waals surface area contributed by atoms with Gasteiger partial charge in [0.05, 0.1) is 0 Å². The predicted octanol–water partition coefficient (Wildman–Crippen LogP) is 6.31. The molecular weight excluding hydrogens is 399 g/mol. The van der Waals surface area contributed by atoms with E-state index < -0.39 is 13.3 Å². The zero-order chi connectivity index (χ0) is 20.3. The van der Waals surface area contributed by atoms with E-state index in [1.54, 1.807) is 4.40 Å². The fourth-order valence-corrected chi connectivity index (χ4v) is 13.8. The SMILES string of the molecule is [C-]#[N+]c1ccc2[c](c1-c1ccccc1)[Ge]([CH3])([CH3])[c]1c-2ccc(C)c1C(C)(C)C. The van der Waals surface area contributed by atoms with Crippen LogP contribution in [-0.2, 0) is 5.41 Å². The van der Waals surface area contributed by atoms with Crippen LogP contribution in [0.15, 0.2) is 54.6 Å². The van der Waals surface area contributed by atoms with Gasteiger partial charge in [0, 0.05) is 0 Å². The van der Waals surface area contributed by atoms with E-state index in [9.17, 15) is 0 Å². The molecule has 0 bridgehead atoms. The van der Waals surface area contributed by atoms with Crippen LogP contribution in [0.3, 0.4) is 0 Å². The molecule has 3 aromatic carbocycles. The Morgan fingerprint density at radius 2 is 1.43 bits per heavy atom. The Labute approximate surface area is 171 Å². The molecule has 1 heterocycles. The first-order valence-electron chi connectivity index (χ1n) is 9.93. The molecule has 3 aromatic rings. The summed E-state index contributed by atoms with van der Waals surface area (Å²) in [7, 11) is 0. The fourth-order valence-electron chi connectivity index (χ4n) is 5.13. The monoisotopic (exact) mass is 427 g/mol. The zero-order valence-electron chi connectivity index (χ0n) is 17.6. The van der Waals surface area contributed by atoms with Crippen LogP contribution < -0.4 is 8.79 Å². The summed E-state index contributed by atoms with van der Waals surface area (Å²) in [6.07, 6.45) is 0. The molecule has 1 aliphatic heterocycles. The maximum absolute atomic E-state index is 7.81. The number of aryl methyl sites for hydroxylation is 1. The molecule has 0 aliphatic carbocycles. The molecule has 0 N–H and O–H groups in total. The van der Waals surface area contributed by atoms with Crippen LogP contribution >= 0.6 is 0 Å². The van der Waals surface area contributed by atoms with Gasteiger partial charge < -0.3 is 0 Å². The van der Waals surface area contributed by atoms with Crippen molar-refractivity contribution in [1.82, 2.24) is 0 Å². The van der Waals surface area contributed by atoms with Crippen LogP contribution in [-0.4, -0.2) is 13.3 Å². The molecule has 1 nitrogen and oxygen atoms in total. The van der Waals surface area contributed by atoms with Crippen molar-refractivity contribution in [2.24, 2.45) is 0 Å². The van der Waals surface area contributed by atoms with Crippen LogP contribution in [0, 0.1) is 13.5 Å². The Morgan fingerprint density at radius 1 is 0.821 bits per heavy atom. The van der Waals surface area contributed by atoms with Crippen molar-refractivity contribution < 1.29 is 0 Å². The molecule has 4 rings (SSSR count). The van der Waals surface area contributed by atoms with E-state index in [1.165, 1.54) is 37.8 Å². The molecule has 0 saturated carbocycles. The fraction of sp³-hybridized carbons (Fsp3) is 0.269. The molecule has 28 heavy (non-hydrogen) atoms. The second-order valence-corrected chi connectivity index (χ2v) is 18.3. The van der Waals surface area contributed by atoms with Gasteiger partial charge in [-0.05, 0) is 0 Å². The first-order chi connectivity index (χ1) is 13.2. The van der Waals surface area contributed by atoms with Gasteiger partial charge in [-0.2, -0.15) is 0 Å². The van der Waals surface area contributed by atoms with E-state index in [0.29, 0.717) is 0 Å². The van der Waals surface area contributed by atoms with Gasteiger partial charge in [0.25, 0.3) is 0 Å². The van der Waals surface area contributed by atoms with Crippen molar-refractivity contribution in [3.05, 3.63) is 77.1 Å². The molecular formula is C26H27GeN. The minimum atomic E-state index is -2.62. The number of hydrogen-bond donors (Lipinski definition) is 0. The van der Waals surface area contributed by atoms with E-state index >= 15 is 0 Å². The van der Waals surface area contributed by atoms with E-state index in [-0.39, 0.29) is 5.41 Å². The van der Waals surface area contributed by atoms with Crippen LogP contribution in [0.1, 0.15) is 31.9 Å². The quantitative estimate of drug-likeness (QED) is 0.317. The van der Waals surface area contributed by atoms with Gasteiger partial charge in [-0.15, -0.1) is 0 Å². The molecule has 0 radical (unpaired) electrons. The van der Waals surface area contributed by atoms with Gasteiger partial charge in [0.1, 0.15) is 0 Å². The summed E-state index contributed by atoms with van der Waals surface area (Å²) in [5, 5.41) is 0. The molecule has 140 valence electrons. The van der Waals surface area contributed by atoms with Crippen molar-refractivity contribution in [3.8, 4) is 22.3 Å². The molecule has 0 unspecified atom stereocenters. The summed E-state index contributed by atoms with van der Waals surface area (Å²) in [5.41, 5.74) is 8.92. The third-order valence-corrected chi connectivity index (χ3v) is 13.5. The summed E-state index contributed by atoms with van der Waals surface area (Å²) >= 11 is -2.62. The zero-order valence-corrected chi connectivity index (χ0v) is 19.7. The Balaban J connectivity index is 2.14. The molecule has 2 heteroatoms. The number of benzene rings is 3. The molecule has 0 amide bonds. The Morgan fingerprint density at radius 3 is 2.04 bits per heavy atom. The topological polar surface area (TPSA) is 4.36 Å². The van der Waals surface area contributed by atoms with Crippen LogP contribution in [0.2, 0.25) is 11.5 Å². The van der Waals surface area contributed by atoms with Crippen molar-refractivity contribution in [3.63, 3.8) is 0 Å². The first kappa shape index (κ1) is 19.0. The van der Waals surface area contributed by atoms with Crippen molar-refractivity contribution in [1.29, 1.82) is 0 Å². The average Bonchev–Trinajstić information content (AvgIpc) is 2.88. The van der Waals surface area contributed by atoms with Crippen LogP contribution in [0.4, 0.5) is 5.69 Å². The Kier molecular flexibility index (Phi) is 4.32. The first-order valence-corrected chi connectivity index (χ1v) is 16.2. The van der Waals surface area contributed by atoms with E-state index in [1.807, 2.05) is 12.1 Å². The summed E-state index contributed by atoms with van der Waals surface area (Å²) in [6, 6.07) is 19.4. The maximum atomic E-state index is 7.81. The van der Waals surface area contributed by atoms with Gasteiger partial charge in [-0.25, -0.2) is 0 Å². The van der Waals surface area contributed by atoms with Crippen LogP contribution in [0.25, 0.3) is 27.1 Å². The predicted molar refractivity (Wildman–Crippen MR) is 124 cm³/mol. The van der Waals surface area contributed by atoms with Crippen LogP contribution in [0.5, 0.6) is 0 Å². The van der Waals surface area contributed by atoms with E-state index in [0.717, 1.165) is 5.69 Å². The van der Waals surface area contributed by atoms with Gasteiger partial charge in [0.2, 0.25) is 0 Å². The molecule has 0 spiro atoms. The number of fused-ring (bicyclic) bond motifs is 3. The minimum absolute atomic E-state index is 0.107. The number of hydrogen-bond acceptors (Lipinski definition) is 0. The Bertz CT molecular complexity index is 1130. The van der Waals surface area contributed by atoms with Gasteiger partial charge in [-0.3, -0.25) is 0 Å². The second-order valence-electron chi connectivity index (χ2n) is 9.42. The molecule has 0 fully saturated rings. The normalized spacial score (nSPS) is 14.3. The Hall–Kier alpha value is -2.31. The van der Waals surface area contributed by atoms with Gasteiger partial charge in [0.15, 0.2) is 0 Å². The average molecular weight is 426 g/mol. The summed E-state index contributed by atoms with van der Waals surface area (Å²) < 4.78 is 3.09. The van der Waals surface area contributed by atoms with Crippen molar-refractivity contribution in [2.75, 3.05) is 0 Å². The van der Waals surface area contributed by atoms with Crippen molar-refractivity contribution in [2.45, 2.75) is 44.6 Å². The molecule has 1 aliphatic rings. The standard InChI is InChI=1S/C26H27GeN/c1-17-13-14-20-19-15-16-21(28-7)22(18-11-9-8-10-12-18)24(19)27(5,6)25(20)23(17)26(2,3)4/h8-16H,1-6H3. The second kappa shape index (κ2) is 6.36. The van der Waals surface area contributed by atoms with Gasteiger partial charge in [-0.1, -0.05) is 0 Å². The van der Waals surface area contributed by atoms with Crippen molar-refractivity contribution >= 4 is 27.7 Å².